The lowest BCUT2D eigenvalue weighted by Gasteiger charge is -2.12. The van der Waals surface area contributed by atoms with Crippen molar-refractivity contribution in [3.8, 4) is 11.5 Å². The molecule has 0 atom stereocenters. The van der Waals surface area contributed by atoms with Gasteiger partial charge in [-0.25, -0.2) is 9.82 Å². The summed E-state index contributed by atoms with van der Waals surface area (Å²) in [5.41, 5.74) is 0.984. The third-order valence-corrected chi connectivity index (χ3v) is 4.76. The van der Waals surface area contributed by atoms with Gasteiger partial charge < -0.3 is 14.8 Å². The molecule has 0 fully saturated rings. The van der Waals surface area contributed by atoms with E-state index in [0.717, 1.165) is 6.21 Å². The Morgan fingerprint density at radius 1 is 0.914 bits per heavy atom. The van der Waals surface area contributed by atoms with E-state index in [1.807, 2.05) is 0 Å². The lowest BCUT2D eigenvalue weighted by molar-refractivity contribution is -0.137. The van der Waals surface area contributed by atoms with E-state index >= 15 is 0 Å². The number of ether oxygens (including phenoxy) is 2. The zero-order valence-electron chi connectivity index (χ0n) is 18.4. The van der Waals surface area contributed by atoms with E-state index < -0.39 is 34.9 Å². The molecule has 0 aromatic heterocycles. The van der Waals surface area contributed by atoms with Crippen LogP contribution in [-0.2, 0) is 6.18 Å². The number of anilines is 1. The lowest BCUT2D eigenvalue weighted by atomic mass is 10.1. The first-order valence-electron chi connectivity index (χ1n) is 9.96. The summed E-state index contributed by atoms with van der Waals surface area (Å²) in [6.07, 6.45) is -3.90. The van der Waals surface area contributed by atoms with Crippen LogP contribution >= 0.6 is 0 Å². The Balaban J connectivity index is 1.76. The molecule has 0 aliphatic carbocycles. The van der Waals surface area contributed by atoms with E-state index in [1.165, 1.54) is 44.6 Å². The number of para-hydroxylation sites is 1. The Morgan fingerprint density at radius 2 is 1.63 bits per heavy atom. The Hall–Kier alpha value is -4.41. The van der Waals surface area contributed by atoms with E-state index in [0.29, 0.717) is 29.7 Å². The van der Waals surface area contributed by atoms with E-state index in [4.69, 9.17) is 9.47 Å². The summed E-state index contributed by atoms with van der Waals surface area (Å²) in [4.78, 5) is 25.3. The number of carbonyl (C=O) groups excluding carboxylic acids is 2. The maximum absolute atomic E-state index is 13.8. The normalized spacial score (nSPS) is 11.3. The van der Waals surface area contributed by atoms with Crippen LogP contribution in [0, 0.1) is 5.82 Å². The fraction of sp³-hybridized carbons (Fsp3) is 0.125. The molecule has 11 heteroatoms. The summed E-state index contributed by atoms with van der Waals surface area (Å²) in [6.45, 7) is 0. The van der Waals surface area contributed by atoms with Crippen LogP contribution in [0.15, 0.2) is 65.8 Å². The predicted molar refractivity (Wildman–Crippen MR) is 120 cm³/mol. The van der Waals surface area contributed by atoms with Gasteiger partial charge in [0.25, 0.3) is 11.8 Å². The predicted octanol–water partition coefficient (Wildman–Crippen LogP) is 4.88. The molecule has 7 nitrogen and oxygen atoms in total. The Bertz CT molecular complexity index is 1280. The number of methoxy groups -OCH3 is 2. The number of halogens is 4. The average molecular weight is 489 g/mol. The largest absolute Gasteiger partial charge is 0.493 e. The van der Waals surface area contributed by atoms with Crippen molar-refractivity contribution in [3.05, 3.63) is 88.7 Å². The van der Waals surface area contributed by atoms with Crippen LogP contribution < -0.4 is 20.2 Å². The third kappa shape index (κ3) is 6.14. The number of hydrazone groups is 1. The summed E-state index contributed by atoms with van der Waals surface area (Å²) in [5, 5.41) is 6.15. The molecule has 0 unspecified atom stereocenters. The highest BCUT2D eigenvalue weighted by atomic mass is 19.4. The molecule has 3 aromatic carbocycles. The van der Waals surface area contributed by atoms with Crippen molar-refractivity contribution in [1.29, 1.82) is 0 Å². The second-order valence-electron chi connectivity index (χ2n) is 7.00. The van der Waals surface area contributed by atoms with Crippen molar-refractivity contribution < 1.29 is 36.6 Å². The molecule has 0 heterocycles. The van der Waals surface area contributed by atoms with Crippen molar-refractivity contribution in [2.24, 2.45) is 5.10 Å². The number of nitrogens with one attached hydrogen (secondary N) is 2. The third-order valence-electron chi connectivity index (χ3n) is 4.76. The first kappa shape index (κ1) is 25.2. The second kappa shape index (κ2) is 10.7. The molecule has 0 aliphatic heterocycles. The minimum atomic E-state index is -4.66. The number of alkyl halides is 3. The SMILES string of the molecule is COc1ccc(C(=O)Nc2ccccc2C(=O)N/N=C/c2cc(C(F)(F)F)ccc2F)cc1OC. The lowest BCUT2D eigenvalue weighted by Crippen LogP contribution is -2.21. The first-order chi connectivity index (χ1) is 16.6. The number of rotatable bonds is 7. The smallest absolute Gasteiger partial charge is 0.416 e. The molecule has 0 aliphatic rings. The van der Waals surface area contributed by atoms with Crippen LogP contribution in [0.2, 0.25) is 0 Å². The van der Waals surface area contributed by atoms with Gasteiger partial charge in [-0.3, -0.25) is 9.59 Å². The van der Waals surface area contributed by atoms with E-state index in [2.05, 4.69) is 15.8 Å². The summed E-state index contributed by atoms with van der Waals surface area (Å²) >= 11 is 0. The molecule has 2 N–H and O–H groups in total. The minimum absolute atomic E-state index is 0.0167. The van der Waals surface area contributed by atoms with Crippen LogP contribution in [0.25, 0.3) is 0 Å². The Labute approximate surface area is 197 Å². The van der Waals surface area contributed by atoms with E-state index in [9.17, 15) is 27.2 Å². The molecule has 182 valence electrons. The number of benzene rings is 3. The molecule has 0 saturated heterocycles. The second-order valence-corrected chi connectivity index (χ2v) is 7.00. The van der Waals surface area contributed by atoms with Crippen LogP contribution in [0.4, 0.5) is 23.2 Å². The highest BCUT2D eigenvalue weighted by molar-refractivity contribution is 6.09. The van der Waals surface area contributed by atoms with Crippen LogP contribution in [0.5, 0.6) is 11.5 Å². The summed E-state index contributed by atoms with van der Waals surface area (Å²) in [6, 6.07) is 12.4. The standard InChI is InChI=1S/C24H19F4N3O4/c1-34-20-10-7-14(12-21(20)35-2)22(32)30-19-6-4-3-5-17(19)23(33)31-29-13-15-11-16(24(26,27)28)8-9-18(15)25/h3-13H,1-2H3,(H,30,32)(H,31,33)/b29-13+. The van der Waals surface area contributed by atoms with Gasteiger partial charge in [-0.15, -0.1) is 0 Å². The van der Waals surface area contributed by atoms with Gasteiger partial charge in [-0.05, 0) is 48.5 Å². The zero-order chi connectivity index (χ0) is 25.6. The molecule has 0 saturated carbocycles. The average Bonchev–Trinajstić information content (AvgIpc) is 2.84. The van der Waals surface area contributed by atoms with Gasteiger partial charge in [0.05, 0.1) is 37.2 Å². The fourth-order valence-corrected chi connectivity index (χ4v) is 3.00. The van der Waals surface area contributed by atoms with Crippen LogP contribution in [-0.4, -0.2) is 32.2 Å². The quantitative estimate of drug-likeness (QED) is 0.281. The van der Waals surface area contributed by atoms with Gasteiger partial charge in [0.1, 0.15) is 5.82 Å². The summed E-state index contributed by atoms with van der Waals surface area (Å²) < 4.78 is 62.7. The molecular formula is C24H19F4N3O4. The molecule has 0 radical (unpaired) electrons. The van der Waals surface area contributed by atoms with Crippen molar-refractivity contribution in [2.75, 3.05) is 19.5 Å². The van der Waals surface area contributed by atoms with Gasteiger partial charge >= 0.3 is 6.18 Å². The van der Waals surface area contributed by atoms with Gasteiger partial charge in [-0.2, -0.15) is 18.3 Å². The minimum Gasteiger partial charge on any atom is -0.493 e. The van der Waals surface area contributed by atoms with Gasteiger partial charge in [0.2, 0.25) is 0 Å². The molecule has 0 spiro atoms. The molecular weight excluding hydrogens is 470 g/mol. The number of hydrogen-bond donors (Lipinski definition) is 2. The fourth-order valence-electron chi connectivity index (χ4n) is 3.00. The molecule has 3 rings (SSSR count). The molecule has 35 heavy (non-hydrogen) atoms. The number of nitrogens with zero attached hydrogens (tertiary/aromatic N) is 1. The summed E-state index contributed by atoms with van der Waals surface area (Å²) in [5.74, 6) is -1.50. The number of amides is 2. The Kier molecular flexibility index (Phi) is 7.69. The van der Waals surface area contributed by atoms with Gasteiger partial charge in [0.15, 0.2) is 11.5 Å². The first-order valence-corrected chi connectivity index (χ1v) is 9.96. The zero-order valence-corrected chi connectivity index (χ0v) is 18.4. The maximum atomic E-state index is 13.8. The Morgan fingerprint density at radius 3 is 2.31 bits per heavy atom. The molecule has 2 amide bonds. The maximum Gasteiger partial charge on any atom is 0.416 e. The number of hydrogen-bond acceptors (Lipinski definition) is 5. The molecule has 0 bridgehead atoms. The van der Waals surface area contributed by atoms with Crippen molar-refractivity contribution in [3.63, 3.8) is 0 Å². The highest BCUT2D eigenvalue weighted by Crippen LogP contribution is 2.30. The highest BCUT2D eigenvalue weighted by Gasteiger charge is 2.31. The van der Waals surface area contributed by atoms with Crippen molar-refractivity contribution in [1.82, 2.24) is 5.43 Å². The summed E-state index contributed by atoms with van der Waals surface area (Å²) in [7, 11) is 2.88. The van der Waals surface area contributed by atoms with Crippen LogP contribution in [0.1, 0.15) is 31.8 Å². The van der Waals surface area contributed by atoms with E-state index in [-0.39, 0.29) is 16.8 Å². The molecule has 3 aromatic rings. The van der Waals surface area contributed by atoms with Crippen molar-refractivity contribution in [2.45, 2.75) is 6.18 Å². The topological polar surface area (TPSA) is 89.0 Å². The van der Waals surface area contributed by atoms with Gasteiger partial charge in [0, 0.05) is 11.1 Å². The van der Waals surface area contributed by atoms with Gasteiger partial charge in [-0.1, -0.05) is 12.1 Å². The van der Waals surface area contributed by atoms with E-state index in [1.54, 1.807) is 12.1 Å². The van der Waals surface area contributed by atoms with Crippen molar-refractivity contribution >= 4 is 23.7 Å². The monoisotopic (exact) mass is 489 g/mol. The number of carbonyl (C=O) groups is 2. The van der Waals surface area contributed by atoms with Crippen LogP contribution in [0.3, 0.4) is 0 Å².